The number of imidazole rings is 1. The van der Waals surface area contributed by atoms with Crippen molar-refractivity contribution in [3.05, 3.63) is 58.8 Å². The number of carbonyl (C=O) groups is 1. The standard InChI is InChI=1S/C19H20BrN3O2S/c1-26-11-10-17(19-22-15-4-2-3-5-16(15)23-19)21-18(24)12-25-14-8-6-13(20)7-9-14/h2-9,17H,10-12H2,1H3,(H,21,24)(H,22,23)/t17-/m1/s1. The van der Waals surface area contributed by atoms with Gasteiger partial charge in [-0.1, -0.05) is 28.1 Å². The summed E-state index contributed by atoms with van der Waals surface area (Å²) in [4.78, 5) is 20.3. The number of H-pyrrole nitrogens is 1. The SMILES string of the molecule is CSCC[C@@H](NC(=O)COc1ccc(Br)cc1)c1nc2ccccc2[nH]1. The van der Waals surface area contributed by atoms with Gasteiger partial charge in [0.2, 0.25) is 0 Å². The van der Waals surface area contributed by atoms with Gasteiger partial charge in [0, 0.05) is 4.47 Å². The molecule has 5 nitrogen and oxygen atoms in total. The van der Waals surface area contributed by atoms with Crippen molar-refractivity contribution < 1.29 is 9.53 Å². The molecule has 1 amide bonds. The summed E-state index contributed by atoms with van der Waals surface area (Å²) in [5.41, 5.74) is 1.87. The maximum atomic E-state index is 12.4. The van der Waals surface area contributed by atoms with Crippen LogP contribution in [0.1, 0.15) is 18.3 Å². The Hall–Kier alpha value is -1.99. The number of para-hydroxylation sites is 2. The molecule has 0 radical (unpaired) electrons. The number of halogens is 1. The molecule has 0 aliphatic heterocycles. The van der Waals surface area contributed by atoms with E-state index in [9.17, 15) is 4.79 Å². The number of carbonyl (C=O) groups excluding carboxylic acids is 1. The number of fused-ring (bicyclic) bond motifs is 1. The van der Waals surface area contributed by atoms with E-state index in [1.807, 2.05) is 54.8 Å². The predicted octanol–water partition coefficient (Wildman–Crippen LogP) is 4.31. The van der Waals surface area contributed by atoms with E-state index in [2.05, 4.69) is 31.2 Å². The summed E-state index contributed by atoms with van der Waals surface area (Å²) >= 11 is 5.12. The zero-order chi connectivity index (χ0) is 18.4. The Morgan fingerprint density at radius 3 is 2.77 bits per heavy atom. The van der Waals surface area contributed by atoms with Crippen LogP contribution in [-0.4, -0.2) is 34.5 Å². The maximum absolute atomic E-state index is 12.4. The third-order valence-corrected chi connectivity index (χ3v) is 5.04. The highest BCUT2D eigenvalue weighted by Gasteiger charge is 2.18. The van der Waals surface area contributed by atoms with Gasteiger partial charge in [0.15, 0.2) is 6.61 Å². The zero-order valence-electron chi connectivity index (χ0n) is 14.4. The van der Waals surface area contributed by atoms with Crippen molar-refractivity contribution in [3.8, 4) is 5.75 Å². The van der Waals surface area contributed by atoms with Crippen LogP contribution < -0.4 is 10.1 Å². The number of hydrogen-bond donors (Lipinski definition) is 2. The van der Waals surface area contributed by atoms with Gasteiger partial charge in [0.1, 0.15) is 11.6 Å². The molecule has 2 aromatic carbocycles. The molecule has 0 aliphatic rings. The van der Waals surface area contributed by atoms with Gasteiger partial charge >= 0.3 is 0 Å². The third-order valence-electron chi connectivity index (χ3n) is 3.87. The Balaban J connectivity index is 1.65. The van der Waals surface area contributed by atoms with Crippen molar-refractivity contribution in [1.82, 2.24) is 15.3 Å². The largest absolute Gasteiger partial charge is 0.484 e. The van der Waals surface area contributed by atoms with Crippen LogP contribution in [0.2, 0.25) is 0 Å². The number of nitrogens with one attached hydrogen (secondary N) is 2. The number of rotatable bonds is 8. The van der Waals surface area contributed by atoms with E-state index < -0.39 is 0 Å². The van der Waals surface area contributed by atoms with Gasteiger partial charge in [-0.25, -0.2) is 4.98 Å². The van der Waals surface area contributed by atoms with Crippen LogP contribution in [0.15, 0.2) is 53.0 Å². The second kappa shape index (κ2) is 9.09. The summed E-state index contributed by atoms with van der Waals surface area (Å²) < 4.78 is 6.52. The number of aromatic nitrogens is 2. The number of ether oxygens (including phenoxy) is 1. The van der Waals surface area contributed by atoms with Crippen molar-refractivity contribution in [3.63, 3.8) is 0 Å². The number of amides is 1. The fourth-order valence-corrected chi connectivity index (χ4v) is 3.30. The summed E-state index contributed by atoms with van der Waals surface area (Å²) in [6.45, 7) is -0.0301. The summed E-state index contributed by atoms with van der Waals surface area (Å²) in [6.07, 6.45) is 2.85. The van der Waals surface area contributed by atoms with Gasteiger partial charge in [-0.05, 0) is 54.8 Å². The Morgan fingerprint density at radius 1 is 1.27 bits per heavy atom. The molecule has 0 saturated heterocycles. The van der Waals surface area contributed by atoms with E-state index in [1.165, 1.54) is 0 Å². The van der Waals surface area contributed by atoms with Crippen molar-refractivity contribution in [1.29, 1.82) is 0 Å². The Kier molecular flexibility index (Phi) is 6.57. The number of hydrogen-bond acceptors (Lipinski definition) is 4. The van der Waals surface area contributed by atoms with Crippen molar-refractivity contribution >= 4 is 44.6 Å². The molecule has 0 saturated carbocycles. The summed E-state index contributed by atoms with van der Waals surface area (Å²) in [6, 6.07) is 15.1. The lowest BCUT2D eigenvalue weighted by atomic mass is 10.2. The summed E-state index contributed by atoms with van der Waals surface area (Å²) in [5, 5.41) is 3.03. The van der Waals surface area contributed by atoms with Gasteiger partial charge < -0.3 is 15.0 Å². The average Bonchev–Trinajstić information content (AvgIpc) is 3.08. The highest BCUT2D eigenvalue weighted by Crippen LogP contribution is 2.20. The van der Waals surface area contributed by atoms with Crippen molar-refractivity contribution in [2.24, 2.45) is 0 Å². The Bertz CT molecular complexity index is 834. The minimum atomic E-state index is -0.170. The normalized spacial score (nSPS) is 12.1. The van der Waals surface area contributed by atoms with E-state index in [4.69, 9.17) is 4.74 Å². The number of nitrogens with zero attached hydrogens (tertiary/aromatic N) is 1. The van der Waals surface area contributed by atoms with Crippen LogP contribution >= 0.6 is 27.7 Å². The van der Waals surface area contributed by atoms with Crippen LogP contribution in [0.3, 0.4) is 0 Å². The molecule has 1 heterocycles. The molecule has 0 aliphatic carbocycles. The van der Waals surface area contributed by atoms with E-state index in [-0.39, 0.29) is 18.6 Å². The van der Waals surface area contributed by atoms with E-state index >= 15 is 0 Å². The molecule has 136 valence electrons. The Morgan fingerprint density at radius 2 is 2.04 bits per heavy atom. The number of aromatic amines is 1. The molecule has 1 aromatic heterocycles. The Labute approximate surface area is 165 Å². The smallest absolute Gasteiger partial charge is 0.258 e. The predicted molar refractivity (Wildman–Crippen MR) is 110 cm³/mol. The van der Waals surface area contributed by atoms with Crippen LogP contribution in [0.4, 0.5) is 0 Å². The lowest BCUT2D eigenvalue weighted by molar-refractivity contribution is -0.123. The fraction of sp³-hybridized carbons (Fsp3) is 0.263. The second-order valence-electron chi connectivity index (χ2n) is 5.78. The monoisotopic (exact) mass is 433 g/mol. The molecule has 1 atom stereocenters. The van der Waals surface area contributed by atoms with Crippen LogP contribution in [-0.2, 0) is 4.79 Å². The molecule has 2 N–H and O–H groups in total. The number of benzene rings is 2. The first kappa shape index (κ1) is 18.8. The van der Waals surface area contributed by atoms with Crippen LogP contribution in [0.5, 0.6) is 5.75 Å². The maximum Gasteiger partial charge on any atom is 0.258 e. The molecule has 0 bridgehead atoms. The van der Waals surface area contributed by atoms with E-state index in [0.29, 0.717) is 5.75 Å². The van der Waals surface area contributed by atoms with Crippen LogP contribution in [0, 0.1) is 0 Å². The minimum absolute atomic E-state index is 0.0301. The second-order valence-corrected chi connectivity index (χ2v) is 7.68. The zero-order valence-corrected chi connectivity index (χ0v) is 16.8. The van der Waals surface area contributed by atoms with Gasteiger partial charge in [0.25, 0.3) is 5.91 Å². The molecule has 7 heteroatoms. The molecular formula is C19H20BrN3O2S. The summed E-state index contributed by atoms with van der Waals surface area (Å²) in [7, 11) is 0. The van der Waals surface area contributed by atoms with Crippen molar-refractivity contribution in [2.45, 2.75) is 12.5 Å². The molecule has 0 fully saturated rings. The van der Waals surface area contributed by atoms with Crippen molar-refractivity contribution in [2.75, 3.05) is 18.6 Å². The molecule has 26 heavy (non-hydrogen) atoms. The average molecular weight is 434 g/mol. The van der Waals surface area contributed by atoms with Gasteiger partial charge in [0.05, 0.1) is 17.1 Å². The quantitative estimate of drug-likeness (QED) is 0.555. The van der Waals surface area contributed by atoms with Gasteiger partial charge in [-0.15, -0.1) is 0 Å². The van der Waals surface area contributed by atoms with E-state index in [0.717, 1.165) is 33.5 Å². The molecule has 0 unspecified atom stereocenters. The molecule has 3 rings (SSSR count). The molecule has 0 spiro atoms. The number of thioether (sulfide) groups is 1. The third kappa shape index (κ3) is 5.02. The lowest BCUT2D eigenvalue weighted by Gasteiger charge is -2.16. The van der Waals surface area contributed by atoms with Crippen LogP contribution in [0.25, 0.3) is 11.0 Å². The minimum Gasteiger partial charge on any atom is -0.484 e. The van der Waals surface area contributed by atoms with Gasteiger partial charge in [-0.3, -0.25) is 4.79 Å². The van der Waals surface area contributed by atoms with Gasteiger partial charge in [-0.2, -0.15) is 11.8 Å². The molecular weight excluding hydrogens is 414 g/mol. The first-order valence-corrected chi connectivity index (χ1v) is 10.5. The topological polar surface area (TPSA) is 67.0 Å². The van der Waals surface area contributed by atoms with E-state index in [1.54, 1.807) is 11.8 Å². The lowest BCUT2D eigenvalue weighted by Crippen LogP contribution is -2.33. The highest BCUT2D eigenvalue weighted by atomic mass is 79.9. The first-order valence-electron chi connectivity index (χ1n) is 8.27. The molecule has 3 aromatic rings. The highest BCUT2D eigenvalue weighted by molar-refractivity contribution is 9.10. The summed E-state index contributed by atoms with van der Waals surface area (Å²) in [5.74, 6) is 2.19. The fourth-order valence-electron chi connectivity index (χ4n) is 2.57. The first-order chi connectivity index (χ1) is 12.7.